The Morgan fingerprint density at radius 1 is 1.21 bits per heavy atom. The van der Waals surface area contributed by atoms with Crippen molar-refractivity contribution in [2.45, 2.75) is 44.6 Å². The fraction of sp³-hybridized carbons (Fsp3) is 0.538. The molecule has 0 aliphatic heterocycles. The molecule has 0 saturated carbocycles. The van der Waals surface area contributed by atoms with E-state index < -0.39 is 5.60 Å². The second kappa shape index (κ2) is 3.74. The molecular weight excluding hydrogens is 172 g/mol. The number of aliphatic hydroxyl groups is 1. The van der Waals surface area contributed by atoms with Crippen LogP contribution in [0.1, 0.15) is 37.3 Å². The molecule has 1 aromatic carbocycles. The molecule has 1 heteroatoms. The van der Waals surface area contributed by atoms with Crippen LogP contribution in [0.3, 0.4) is 0 Å². The predicted octanol–water partition coefficient (Wildman–Crippen LogP) is 2.71. The van der Waals surface area contributed by atoms with E-state index >= 15 is 0 Å². The Morgan fingerprint density at radius 3 is 2.29 bits per heavy atom. The van der Waals surface area contributed by atoms with Crippen LogP contribution in [0.2, 0.25) is 0 Å². The van der Waals surface area contributed by atoms with Crippen molar-refractivity contribution in [3.05, 3.63) is 35.4 Å². The summed E-state index contributed by atoms with van der Waals surface area (Å²) in [7, 11) is 0. The topological polar surface area (TPSA) is 20.2 Å². The second-order valence-corrected chi connectivity index (χ2v) is 4.45. The van der Waals surface area contributed by atoms with Gasteiger partial charge in [0.25, 0.3) is 0 Å². The lowest BCUT2D eigenvalue weighted by molar-refractivity contribution is 0.0401. The molecule has 1 nitrogen and oxygen atoms in total. The van der Waals surface area contributed by atoms with Gasteiger partial charge in [0.15, 0.2) is 0 Å². The smallest absolute Gasteiger partial charge is 0.0728 e. The first kappa shape index (κ1) is 9.72. The maximum atomic E-state index is 10.3. The molecule has 0 aromatic heterocycles. The lowest BCUT2D eigenvalue weighted by atomic mass is 9.94. The van der Waals surface area contributed by atoms with Crippen LogP contribution >= 0.6 is 0 Å². The van der Waals surface area contributed by atoms with Crippen LogP contribution in [0.5, 0.6) is 0 Å². The van der Waals surface area contributed by atoms with Crippen LogP contribution < -0.4 is 0 Å². The number of benzene rings is 1. The van der Waals surface area contributed by atoms with Gasteiger partial charge in [-0.1, -0.05) is 44.0 Å². The standard InChI is InChI=1S/C13H18O/c1-2-3-8-13(14)9-11-6-4-5-7-12(11)10-13/h4-7,14H,2-3,8-10H2,1H3. The van der Waals surface area contributed by atoms with E-state index in [1.54, 1.807) is 0 Å². The van der Waals surface area contributed by atoms with Crippen LogP contribution in [0, 0.1) is 0 Å². The molecule has 2 rings (SSSR count). The Balaban J connectivity index is 2.09. The summed E-state index contributed by atoms with van der Waals surface area (Å²) < 4.78 is 0. The summed E-state index contributed by atoms with van der Waals surface area (Å²) in [6.07, 6.45) is 4.94. The molecule has 1 N–H and O–H groups in total. The molecular formula is C13H18O. The van der Waals surface area contributed by atoms with Gasteiger partial charge in [-0.2, -0.15) is 0 Å². The summed E-state index contributed by atoms with van der Waals surface area (Å²) in [4.78, 5) is 0. The van der Waals surface area contributed by atoms with Gasteiger partial charge in [0.2, 0.25) is 0 Å². The maximum absolute atomic E-state index is 10.3. The summed E-state index contributed by atoms with van der Waals surface area (Å²) in [6.45, 7) is 2.17. The molecule has 0 heterocycles. The average Bonchev–Trinajstić information content (AvgIpc) is 2.51. The highest BCUT2D eigenvalue weighted by molar-refractivity contribution is 5.34. The highest BCUT2D eigenvalue weighted by Gasteiger charge is 2.33. The van der Waals surface area contributed by atoms with Crippen molar-refractivity contribution >= 4 is 0 Å². The number of unbranched alkanes of at least 4 members (excludes halogenated alkanes) is 1. The molecule has 1 aliphatic carbocycles. The van der Waals surface area contributed by atoms with E-state index in [0.717, 1.165) is 25.7 Å². The first-order valence-corrected chi connectivity index (χ1v) is 5.53. The summed E-state index contributed by atoms with van der Waals surface area (Å²) in [5.74, 6) is 0. The highest BCUT2D eigenvalue weighted by Crippen LogP contribution is 2.33. The Bertz CT molecular complexity index is 292. The molecule has 0 radical (unpaired) electrons. The third-order valence-corrected chi connectivity index (χ3v) is 3.15. The first-order valence-electron chi connectivity index (χ1n) is 5.53. The van der Waals surface area contributed by atoms with Gasteiger partial charge in [-0.25, -0.2) is 0 Å². The van der Waals surface area contributed by atoms with Gasteiger partial charge in [-0.15, -0.1) is 0 Å². The SMILES string of the molecule is CCCCC1(O)Cc2ccccc2C1. The van der Waals surface area contributed by atoms with Gasteiger partial charge >= 0.3 is 0 Å². The van der Waals surface area contributed by atoms with E-state index in [-0.39, 0.29) is 0 Å². The molecule has 0 saturated heterocycles. The summed E-state index contributed by atoms with van der Waals surface area (Å²) in [5.41, 5.74) is 2.23. The fourth-order valence-corrected chi connectivity index (χ4v) is 2.36. The lowest BCUT2D eigenvalue weighted by Crippen LogP contribution is -2.28. The third kappa shape index (κ3) is 1.83. The third-order valence-electron chi connectivity index (χ3n) is 3.15. The molecule has 0 spiro atoms. The van der Waals surface area contributed by atoms with E-state index in [1.807, 2.05) is 0 Å². The molecule has 0 fully saturated rings. The van der Waals surface area contributed by atoms with E-state index in [4.69, 9.17) is 0 Å². The van der Waals surface area contributed by atoms with Crippen LogP contribution in [-0.4, -0.2) is 10.7 Å². The summed E-state index contributed by atoms with van der Waals surface area (Å²) >= 11 is 0. The van der Waals surface area contributed by atoms with Gasteiger partial charge in [-0.3, -0.25) is 0 Å². The van der Waals surface area contributed by atoms with Crippen molar-refractivity contribution in [2.24, 2.45) is 0 Å². The van der Waals surface area contributed by atoms with E-state index in [0.29, 0.717) is 0 Å². The van der Waals surface area contributed by atoms with E-state index in [1.165, 1.54) is 17.5 Å². The summed E-state index contributed by atoms with van der Waals surface area (Å²) in [5, 5.41) is 10.3. The van der Waals surface area contributed by atoms with Gasteiger partial charge in [-0.05, 0) is 17.5 Å². The number of fused-ring (bicyclic) bond motifs is 1. The molecule has 1 aromatic rings. The molecule has 14 heavy (non-hydrogen) atoms. The predicted molar refractivity (Wildman–Crippen MR) is 58.3 cm³/mol. The normalized spacial score (nSPS) is 18.1. The zero-order valence-corrected chi connectivity index (χ0v) is 8.79. The number of hydrogen-bond donors (Lipinski definition) is 1. The van der Waals surface area contributed by atoms with Crippen molar-refractivity contribution in [1.29, 1.82) is 0 Å². The highest BCUT2D eigenvalue weighted by atomic mass is 16.3. The Morgan fingerprint density at radius 2 is 1.79 bits per heavy atom. The van der Waals surface area contributed by atoms with Crippen LogP contribution in [0.25, 0.3) is 0 Å². The van der Waals surface area contributed by atoms with E-state index in [2.05, 4.69) is 31.2 Å². The Hall–Kier alpha value is -0.820. The maximum Gasteiger partial charge on any atom is 0.0728 e. The van der Waals surface area contributed by atoms with Crippen molar-refractivity contribution in [2.75, 3.05) is 0 Å². The molecule has 0 bridgehead atoms. The van der Waals surface area contributed by atoms with Crippen molar-refractivity contribution in [1.82, 2.24) is 0 Å². The summed E-state index contributed by atoms with van der Waals surface area (Å²) in [6, 6.07) is 8.40. The monoisotopic (exact) mass is 190 g/mol. The van der Waals surface area contributed by atoms with Gasteiger partial charge in [0, 0.05) is 12.8 Å². The minimum absolute atomic E-state index is 0.445. The largest absolute Gasteiger partial charge is 0.389 e. The Labute approximate surface area is 85.8 Å². The minimum atomic E-state index is -0.445. The van der Waals surface area contributed by atoms with Crippen molar-refractivity contribution in [3.63, 3.8) is 0 Å². The lowest BCUT2D eigenvalue weighted by Gasteiger charge is -2.21. The quantitative estimate of drug-likeness (QED) is 0.777. The molecule has 0 unspecified atom stereocenters. The van der Waals surface area contributed by atoms with Crippen LogP contribution in [0.4, 0.5) is 0 Å². The molecule has 1 aliphatic rings. The molecule has 0 amide bonds. The zero-order valence-electron chi connectivity index (χ0n) is 8.79. The average molecular weight is 190 g/mol. The van der Waals surface area contributed by atoms with Gasteiger partial charge < -0.3 is 5.11 Å². The molecule has 76 valence electrons. The first-order chi connectivity index (χ1) is 6.73. The van der Waals surface area contributed by atoms with Gasteiger partial charge in [0.1, 0.15) is 0 Å². The molecule has 0 atom stereocenters. The number of rotatable bonds is 3. The Kier molecular flexibility index (Phi) is 2.60. The fourth-order valence-electron chi connectivity index (χ4n) is 2.36. The van der Waals surface area contributed by atoms with Crippen molar-refractivity contribution in [3.8, 4) is 0 Å². The minimum Gasteiger partial charge on any atom is -0.389 e. The second-order valence-electron chi connectivity index (χ2n) is 4.45. The van der Waals surface area contributed by atoms with E-state index in [9.17, 15) is 5.11 Å². The van der Waals surface area contributed by atoms with Crippen molar-refractivity contribution < 1.29 is 5.11 Å². The van der Waals surface area contributed by atoms with Gasteiger partial charge in [0.05, 0.1) is 5.60 Å². The van der Waals surface area contributed by atoms with Crippen LogP contribution in [-0.2, 0) is 12.8 Å². The van der Waals surface area contributed by atoms with Crippen LogP contribution in [0.15, 0.2) is 24.3 Å². The number of hydrogen-bond acceptors (Lipinski definition) is 1. The zero-order chi connectivity index (χ0) is 10.0.